The van der Waals surface area contributed by atoms with Crippen molar-refractivity contribution in [3.63, 3.8) is 0 Å². The summed E-state index contributed by atoms with van der Waals surface area (Å²) in [4.78, 5) is 4.16. The van der Waals surface area contributed by atoms with Crippen molar-refractivity contribution in [2.45, 2.75) is 46.3 Å². The van der Waals surface area contributed by atoms with Crippen LogP contribution in [0.2, 0.25) is 0 Å². The van der Waals surface area contributed by atoms with Gasteiger partial charge in [0.15, 0.2) is 17.5 Å². The van der Waals surface area contributed by atoms with Crippen LogP contribution < -0.4 is 20.1 Å². The van der Waals surface area contributed by atoms with Crippen LogP contribution in [0.3, 0.4) is 0 Å². The molecule has 162 valence electrons. The van der Waals surface area contributed by atoms with Gasteiger partial charge in [-0.2, -0.15) is 8.78 Å². The van der Waals surface area contributed by atoms with Crippen LogP contribution >= 0.6 is 24.0 Å². The highest BCUT2D eigenvalue weighted by atomic mass is 127. The first kappa shape index (κ1) is 26.6. The van der Waals surface area contributed by atoms with Gasteiger partial charge in [0.05, 0.1) is 6.61 Å². The van der Waals surface area contributed by atoms with Gasteiger partial charge in [-0.1, -0.05) is 19.4 Å². The molecule has 0 unspecified atom stereocenters. The molecule has 1 aromatic carbocycles. The largest absolute Gasteiger partial charge is 0.490 e. The van der Waals surface area contributed by atoms with E-state index in [4.69, 9.17) is 9.47 Å². The van der Waals surface area contributed by atoms with Crippen LogP contribution in [0.15, 0.2) is 23.2 Å². The SMILES string of the molecule is CCCCOCCCNC(=NC)NCc1ccc(OC(F)F)c(OCC)c1.I. The fourth-order valence-electron chi connectivity index (χ4n) is 2.26. The summed E-state index contributed by atoms with van der Waals surface area (Å²) in [6.45, 7) is 4.14. The molecule has 0 heterocycles. The maximum absolute atomic E-state index is 12.5. The van der Waals surface area contributed by atoms with Crippen molar-refractivity contribution in [3.8, 4) is 11.5 Å². The molecule has 1 aromatic rings. The molecule has 1 rings (SSSR count). The van der Waals surface area contributed by atoms with E-state index >= 15 is 0 Å². The van der Waals surface area contributed by atoms with Gasteiger partial charge in [0.2, 0.25) is 0 Å². The second kappa shape index (κ2) is 16.6. The van der Waals surface area contributed by atoms with E-state index < -0.39 is 6.61 Å². The van der Waals surface area contributed by atoms with Gasteiger partial charge < -0.3 is 24.8 Å². The molecule has 2 N–H and O–H groups in total. The van der Waals surface area contributed by atoms with Crippen molar-refractivity contribution in [3.05, 3.63) is 23.8 Å². The van der Waals surface area contributed by atoms with Crippen LogP contribution in [0.1, 0.15) is 38.7 Å². The Labute approximate surface area is 183 Å². The van der Waals surface area contributed by atoms with Gasteiger partial charge >= 0.3 is 6.61 Å². The smallest absolute Gasteiger partial charge is 0.387 e. The fraction of sp³-hybridized carbons (Fsp3) is 0.632. The van der Waals surface area contributed by atoms with E-state index in [0.29, 0.717) is 31.5 Å². The summed E-state index contributed by atoms with van der Waals surface area (Å²) in [5.74, 6) is 0.986. The molecule has 28 heavy (non-hydrogen) atoms. The first-order valence-corrected chi connectivity index (χ1v) is 9.33. The highest BCUT2D eigenvalue weighted by Gasteiger charge is 2.11. The quantitative estimate of drug-likeness (QED) is 0.179. The molecule has 0 saturated heterocycles. The van der Waals surface area contributed by atoms with Crippen LogP contribution in [0.5, 0.6) is 11.5 Å². The number of aliphatic imine (C=N–C) groups is 1. The highest BCUT2D eigenvalue weighted by molar-refractivity contribution is 14.0. The van der Waals surface area contributed by atoms with Gasteiger partial charge in [-0.15, -0.1) is 24.0 Å². The molecule has 0 aliphatic carbocycles. The average Bonchev–Trinajstić information content (AvgIpc) is 2.65. The number of guanidine groups is 1. The third-order valence-corrected chi connectivity index (χ3v) is 3.61. The third-order valence-electron chi connectivity index (χ3n) is 3.61. The number of ether oxygens (including phenoxy) is 3. The number of alkyl halides is 2. The lowest BCUT2D eigenvalue weighted by atomic mass is 10.2. The van der Waals surface area contributed by atoms with E-state index in [0.717, 1.165) is 38.0 Å². The van der Waals surface area contributed by atoms with E-state index in [1.807, 2.05) is 0 Å². The normalized spacial score (nSPS) is 11.1. The number of nitrogens with one attached hydrogen (secondary N) is 2. The molecule has 0 aliphatic rings. The monoisotopic (exact) mass is 515 g/mol. The first-order valence-electron chi connectivity index (χ1n) is 9.33. The molecule has 0 aromatic heterocycles. The number of unbranched alkanes of at least 4 members (excludes halogenated alkanes) is 1. The van der Waals surface area contributed by atoms with E-state index in [1.54, 1.807) is 26.1 Å². The first-order chi connectivity index (χ1) is 13.1. The van der Waals surface area contributed by atoms with Crippen molar-refractivity contribution >= 4 is 29.9 Å². The predicted molar refractivity (Wildman–Crippen MR) is 118 cm³/mol. The summed E-state index contributed by atoms with van der Waals surface area (Å²) in [7, 11) is 1.69. The molecule has 0 saturated carbocycles. The summed E-state index contributed by atoms with van der Waals surface area (Å²) >= 11 is 0. The summed E-state index contributed by atoms with van der Waals surface area (Å²) in [5, 5.41) is 6.39. The summed E-state index contributed by atoms with van der Waals surface area (Å²) in [6, 6.07) is 4.88. The number of halogens is 3. The Bertz CT molecular complexity index is 563. The van der Waals surface area contributed by atoms with Gasteiger partial charge in [-0.25, -0.2) is 0 Å². The van der Waals surface area contributed by atoms with Gasteiger partial charge in [0.1, 0.15) is 0 Å². The minimum absolute atomic E-state index is 0. The van der Waals surface area contributed by atoms with Crippen molar-refractivity contribution in [2.75, 3.05) is 33.4 Å². The minimum Gasteiger partial charge on any atom is -0.490 e. The second-order valence-electron chi connectivity index (χ2n) is 5.76. The topological polar surface area (TPSA) is 64.1 Å². The molecule has 9 heteroatoms. The van der Waals surface area contributed by atoms with Crippen LogP contribution in [0.25, 0.3) is 0 Å². The molecule has 0 bridgehead atoms. The average molecular weight is 515 g/mol. The zero-order valence-electron chi connectivity index (χ0n) is 16.8. The Morgan fingerprint density at radius 2 is 1.86 bits per heavy atom. The highest BCUT2D eigenvalue weighted by Crippen LogP contribution is 2.29. The zero-order valence-corrected chi connectivity index (χ0v) is 19.1. The number of rotatable bonds is 13. The van der Waals surface area contributed by atoms with Crippen LogP contribution in [-0.2, 0) is 11.3 Å². The molecule has 6 nitrogen and oxygen atoms in total. The number of hydrogen-bond donors (Lipinski definition) is 2. The number of hydrogen-bond acceptors (Lipinski definition) is 4. The molecule has 0 amide bonds. The lowest BCUT2D eigenvalue weighted by molar-refractivity contribution is -0.0514. The molecule has 0 spiro atoms. The maximum Gasteiger partial charge on any atom is 0.387 e. The minimum atomic E-state index is -2.89. The van der Waals surface area contributed by atoms with Gasteiger partial charge in [-0.3, -0.25) is 4.99 Å². The van der Waals surface area contributed by atoms with Crippen molar-refractivity contribution < 1.29 is 23.0 Å². The summed E-state index contributed by atoms with van der Waals surface area (Å²) in [6.07, 6.45) is 3.11. The molecule has 0 radical (unpaired) electrons. The Kier molecular flexibility index (Phi) is 15.8. The van der Waals surface area contributed by atoms with Crippen LogP contribution in [0.4, 0.5) is 8.78 Å². The lowest BCUT2D eigenvalue weighted by Gasteiger charge is -2.15. The Hall–Kier alpha value is -1.36. The second-order valence-corrected chi connectivity index (χ2v) is 5.76. The van der Waals surface area contributed by atoms with Gasteiger partial charge in [0.25, 0.3) is 0 Å². The lowest BCUT2D eigenvalue weighted by Crippen LogP contribution is -2.37. The summed E-state index contributed by atoms with van der Waals surface area (Å²) in [5.41, 5.74) is 0.867. The van der Waals surface area contributed by atoms with E-state index in [-0.39, 0.29) is 29.7 Å². The van der Waals surface area contributed by atoms with Crippen molar-refractivity contribution in [1.82, 2.24) is 10.6 Å². The van der Waals surface area contributed by atoms with Crippen molar-refractivity contribution in [2.24, 2.45) is 4.99 Å². The molecule has 0 atom stereocenters. The van der Waals surface area contributed by atoms with Crippen LogP contribution in [0, 0.1) is 0 Å². The van der Waals surface area contributed by atoms with E-state index in [9.17, 15) is 8.78 Å². The van der Waals surface area contributed by atoms with Gasteiger partial charge in [0, 0.05) is 33.4 Å². The molecular weight excluding hydrogens is 483 g/mol. The van der Waals surface area contributed by atoms with Crippen molar-refractivity contribution in [1.29, 1.82) is 0 Å². The molecule has 0 fully saturated rings. The fourth-order valence-corrected chi connectivity index (χ4v) is 2.26. The zero-order chi connectivity index (χ0) is 19.9. The number of benzene rings is 1. The molecule has 0 aliphatic heterocycles. The predicted octanol–water partition coefficient (Wildman–Crippen LogP) is 4.18. The van der Waals surface area contributed by atoms with E-state index in [1.165, 1.54) is 6.07 Å². The standard InChI is InChI=1S/C19H31F2N3O3.HI/c1-4-6-11-25-12-7-10-23-19(22-3)24-14-15-8-9-16(27-18(20)21)17(13-15)26-5-2;/h8-9,13,18H,4-7,10-12,14H2,1-3H3,(H2,22,23,24);1H. The Morgan fingerprint density at radius 1 is 1.11 bits per heavy atom. The molecular formula is C19H32F2IN3O3. The Morgan fingerprint density at radius 3 is 2.50 bits per heavy atom. The van der Waals surface area contributed by atoms with Crippen LogP contribution in [-0.4, -0.2) is 46.0 Å². The number of nitrogens with zero attached hydrogens (tertiary/aromatic N) is 1. The summed E-state index contributed by atoms with van der Waals surface area (Å²) < 4.78 is 40.3. The third kappa shape index (κ3) is 11.5. The van der Waals surface area contributed by atoms with Gasteiger partial charge in [-0.05, 0) is 37.5 Å². The Balaban J connectivity index is 0.00000729. The maximum atomic E-state index is 12.5. The van der Waals surface area contributed by atoms with E-state index in [2.05, 4.69) is 27.3 Å².